The van der Waals surface area contributed by atoms with Crippen molar-refractivity contribution in [2.24, 2.45) is 0 Å². The van der Waals surface area contributed by atoms with Crippen molar-refractivity contribution < 1.29 is 13.9 Å². The fourth-order valence-corrected chi connectivity index (χ4v) is 4.13. The van der Waals surface area contributed by atoms with Gasteiger partial charge in [0.05, 0.1) is 12.9 Å². The number of nitrogens with one attached hydrogen (secondary N) is 1. The number of nitrogens with zero attached hydrogens (tertiary/aromatic N) is 3. The lowest BCUT2D eigenvalue weighted by atomic mass is 10.1. The van der Waals surface area contributed by atoms with E-state index in [9.17, 15) is 4.79 Å². The van der Waals surface area contributed by atoms with Crippen LogP contribution < -0.4 is 10.1 Å². The van der Waals surface area contributed by atoms with E-state index in [1.54, 1.807) is 13.2 Å². The van der Waals surface area contributed by atoms with Crippen LogP contribution in [0.4, 0.5) is 5.69 Å². The standard InChI is InChI=1S/C24H24N4O3S/c1-5-12-28-23(20-13-17-9-7-11-19(30-4)22(17)31-20)26-27-24(28)32-14-21(29)25-18-10-6-8-15(2)16(18)3/h5-11,13H,1,12,14H2,2-4H3,(H,25,29). The Morgan fingerprint density at radius 1 is 1.25 bits per heavy atom. The van der Waals surface area contributed by atoms with E-state index < -0.39 is 0 Å². The van der Waals surface area contributed by atoms with E-state index in [2.05, 4.69) is 22.1 Å². The van der Waals surface area contributed by atoms with Crippen LogP contribution in [0.1, 0.15) is 11.1 Å². The molecule has 0 unspecified atom stereocenters. The lowest BCUT2D eigenvalue weighted by Gasteiger charge is -2.10. The number of ether oxygens (including phenoxy) is 1. The lowest BCUT2D eigenvalue weighted by molar-refractivity contribution is -0.113. The third kappa shape index (κ3) is 4.27. The average molecular weight is 449 g/mol. The highest BCUT2D eigenvalue weighted by atomic mass is 32.2. The molecule has 4 aromatic rings. The smallest absolute Gasteiger partial charge is 0.234 e. The first-order chi connectivity index (χ1) is 15.5. The van der Waals surface area contributed by atoms with Crippen molar-refractivity contribution in [3.8, 4) is 17.3 Å². The number of benzene rings is 2. The fourth-order valence-electron chi connectivity index (χ4n) is 3.38. The molecule has 4 rings (SSSR count). The van der Waals surface area contributed by atoms with Gasteiger partial charge < -0.3 is 14.5 Å². The first-order valence-electron chi connectivity index (χ1n) is 10.1. The zero-order valence-corrected chi connectivity index (χ0v) is 19.0. The molecular formula is C24H24N4O3S. The topological polar surface area (TPSA) is 82.2 Å². The summed E-state index contributed by atoms with van der Waals surface area (Å²) in [7, 11) is 1.61. The number of thioether (sulfide) groups is 1. The third-order valence-electron chi connectivity index (χ3n) is 5.19. The van der Waals surface area contributed by atoms with Gasteiger partial charge in [-0.25, -0.2) is 0 Å². The fraction of sp³-hybridized carbons (Fsp3) is 0.208. The Balaban J connectivity index is 1.55. The molecule has 1 N–H and O–H groups in total. The zero-order chi connectivity index (χ0) is 22.7. The van der Waals surface area contributed by atoms with Gasteiger partial charge in [0.1, 0.15) is 0 Å². The number of carbonyl (C=O) groups is 1. The molecule has 164 valence electrons. The molecule has 7 nitrogen and oxygen atoms in total. The molecule has 1 amide bonds. The van der Waals surface area contributed by atoms with Crippen LogP contribution in [0.25, 0.3) is 22.6 Å². The molecule has 0 spiro atoms. The molecular weight excluding hydrogens is 424 g/mol. The quantitative estimate of drug-likeness (QED) is 0.293. The molecule has 0 aliphatic carbocycles. The number of allylic oxidation sites excluding steroid dienone is 1. The highest BCUT2D eigenvalue weighted by Gasteiger charge is 2.19. The van der Waals surface area contributed by atoms with E-state index in [4.69, 9.17) is 9.15 Å². The largest absolute Gasteiger partial charge is 0.493 e. The van der Waals surface area contributed by atoms with Gasteiger partial charge in [0.15, 0.2) is 22.2 Å². The van der Waals surface area contributed by atoms with Crippen LogP contribution in [0.15, 0.2) is 64.7 Å². The Morgan fingerprint density at radius 2 is 2.06 bits per heavy atom. The molecule has 2 aromatic heterocycles. The predicted molar refractivity (Wildman–Crippen MR) is 127 cm³/mol. The number of hydrogen-bond donors (Lipinski definition) is 1. The lowest BCUT2D eigenvalue weighted by Crippen LogP contribution is -2.15. The maximum atomic E-state index is 12.5. The van der Waals surface area contributed by atoms with Crippen LogP contribution in [-0.2, 0) is 11.3 Å². The van der Waals surface area contributed by atoms with Crippen LogP contribution in [0.3, 0.4) is 0 Å². The predicted octanol–water partition coefficient (Wildman–Crippen LogP) is 5.23. The molecule has 0 aliphatic heterocycles. The van der Waals surface area contributed by atoms with E-state index in [-0.39, 0.29) is 11.7 Å². The first kappa shape index (κ1) is 21.7. The van der Waals surface area contributed by atoms with Gasteiger partial charge in [0.2, 0.25) is 11.7 Å². The van der Waals surface area contributed by atoms with E-state index in [1.807, 2.05) is 60.9 Å². The van der Waals surface area contributed by atoms with E-state index in [0.717, 1.165) is 22.2 Å². The molecule has 0 saturated carbocycles. The summed E-state index contributed by atoms with van der Waals surface area (Å²) in [6.45, 7) is 8.33. The molecule has 0 bridgehead atoms. The summed E-state index contributed by atoms with van der Waals surface area (Å²) in [4.78, 5) is 12.5. The van der Waals surface area contributed by atoms with Gasteiger partial charge in [-0.1, -0.05) is 42.1 Å². The number of furan rings is 1. The van der Waals surface area contributed by atoms with Gasteiger partial charge in [-0.05, 0) is 43.2 Å². The Kier molecular flexibility index (Phi) is 6.32. The van der Waals surface area contributed by atoms with Crippen molar-refractivity contribution in [1.82, 2.24) is 14.8 Å². The monoisotopic (exact) mass is 448 g/mol. The second-order valence-electron chi connectivity index (χ2n) is 7.28. The van der Waals surface area contributed by atoms with Gasteiger partial charge in [0, 0.05) is 17.6 Å². The molecule has 2 aromatic carbocycles. The van der Waals surface area contributed by atoms with Crippen LogP contribution in [0.2, 0.25) is 0 Å². The molecule has 8 heteroatoms. The Bertz CT molecular complexity index is 1290. The van der Waals surface area contributed by atoms with Gasteiger partial charge >= 0.3 is 0 Å². The Labute approximate surface area is 190 Å². The molecule has 0 radical (unpaired) electrons. The summed E-state index contributed by atoms with van der Waals surface area (Å²) >= 11 is 1.32. The van der Waals surface area contributed by atoms with Crippen molar-refractivity contribution in [3.05, 3.63) is 66.2 Å². The number of aromatic nitrogens is 3. The highest BCUT2D eigenvalue weighted by molar-refractivity contribution is 7.99. The van der Waals surface area contributed by atoms with Crippen molar-refractivity contribution in [2.75, 3.05) is 18.2 Å². The first-order valence-corrected chi connectivity index (χ1v) is 11.1. The van der Waals surface area contributed by atoms with Crippen molar-refractivity contribution in [1.29, 1.82) is 0 Å². The van der Waals surface area contributed by atoms with Gasteiger partial charge in [-0.15, -0.1) is 16.8 Å². The number of para-hydroxylation sites is 1. The minimum absolute atomic E-state index is 0.105. The van der Waals surface area contributed by atoms with E-state index in [1.165, 1.54) is 11.8 Å². The Hall–Kier alpha value is -3.52. The average Bonchev–Trinajstić information content (AvgIpc) is 3.39. The summed E-state index contributed by atoms with van der Waals surface area (Å²) in [6.07, 6.45) is 1.76. The summed E-state index contributed by atoms with van der Waals surface area (Å²) in [5.74, 6) is 1.90. The summed E-state index contributed by atoms with van der Waals surface area (Å²) in [6, 6.07) is 13.5. The van der Waals surface area contributed by atoms with Crippen LogP contribution in [0.5, 0.6) is 5.75 Å². The number of hydrogen-bond acceptors (Lipinski definition) is 6. The maximum Gasteiger partial charge on any atom is 0.234 e. The summed E-state index contributed by atoms with van der Waals surface area (Å²) in [5.41, 5.74) is 3.66. The van der Waals surface area contributed by atoms with Crippen LogP contribution in [0, 0.1) is 13.8 Å². The van der Waals surface area contributed by atoms with Crippen LogP contribution >= 0.6 is 11.8 Å². The third-order valence-corrected chi connectivity index (χ3v) is 6.15. The molecule has 2 heterocycles. The van der Waals surface area contributed by atoms with E-state index in [0.29, 0.717) is 34.6 Å². The van der Waals surface area contributed by atoms with Crippen LogP contribution in [-0.4, -0.2) is 33.5 Å². The normalized spacial score (nSPS) is 11.0. The van der Waals surface area contributed by atoms with Gasteiger partial charge in [0.25, 0.3) is 0 Å². The van der Waals surface area contributed by atoms with Gasteiger partial charge in [-0.2, -0.15) is 0 Å². The molecule has 0 fully saturated rings. The second-order valence-corrected chi connectivity index (χ2v) is 8.22. The number of anilines is 1. The number of carbonyl (C=O) groups excluding carboxylic acids is 1. The number of amides is 1. The van der Waals surface area contributed by atoms with Crippen molar-refractivity contribution in [2.45, 2.75) is 25.5 Å². The minimum atomic E-state index is -0.105. The zero-order valence-electron chi connectivity index (χ0n) is 18.2. The number of methoxy groups -OCH3 is 1. The summed E-state index contributed by atoms with van der Waals surface area (Å²) < 4.78 is 13.3. The molecule has 0 atom stereocenters. The molecule has 32 heavy (non-hydrogen) atoms. The van der Waals surface area contributed by atoms with Crippen molar-refractivity contribution in [3.63, 3.8) is 0 Å². The maximum absolute atomic E-state index is 12.5. The SMILES string of the molecule is C=CCn1c(SCC(=O)Nc2cccc(C)c2C)nnc1-c1cc2cccc(OC)c2o1. The summed E-state index contributed by atoms with van der Waals surface area (Å²) in [5, 5.41) is 13.1. The van der Waals surface area contributed by atoms with Crippen molar-refractivity contribution >= 4 is 34.3 Å². The number of rotatable bonds is 8. The molecule has 0 saturated heterocycles. The molecule has 0 aliphatic rings. The number of fused-ring (bicyclic) bond motifs is 1. The second kappa shape index (κ2) is 9.32. The Morgan fingerprint density at radius 3 is 2.84 bits per heavy atom. The van der Waals surface area contributed by atoms with E-state index >= 15 is 0 Å². The number of aryl methyl sites for hydroxylation is 1. The highest BCUT2D eigenvalue weighted by Crippen LogP contribution is 2.34. The minimum Gasteiger partial charge on any atom is -0.493 e. The van der Waals surface area contributed by atoms with Gasteiger partial charge in [-0.3, -0.25) is 9.36 Å².